The van der Waals surface area contributed by atoms with Gasteiger partial charge in [-0.15, -0.1) is 0 Å². The molecule has 0 saturated carbocycles. The number of hydrogen-bond donors (Lipinski definition) is 2. The van der Waals surface area contributed by atoms with Crippen molar-refractivity contribution < 1.29 is 9.53 Å². The zero-order chi connectivity index (χ0) is 13.5. The van der Waals surface area contributed by atoms with Crippen LogP contribution in [0.25, 0.3) is 0 Å². The predicted molar refractivity (Wildman–Crippen MR) is 71.0 cm³/mol. The first kappa shape index (κ1) is 13.0. The number of nitrogens with one attached hydrogen (secondary N) is 1. The van der Waals surface area contributed by atoms with Gasteiger partial charge in [0.1, 0.15) is 12.4 Å². The third kappa shape index (κ3) is 3.75. The van der Waals surface area contributed by atoms with Gasteiger partial charge in [-0.2, -0.15) is 10.2 Å². The Balaban J connectivity index is 2.05. The summed E-state index contributed by atoms with van der Waals surface area (Å²) < 4.78 is 5.38. The highest BCUT2D eigenvalue weighted by molar-refractivity contribution is 6.04. The number of ether oxygens (including phenoxy) is 1. The lowest BCUT2D eigenvalue weighted by molar-refractivity contribution is 0.102. The van der Waals surface area contributed by atoms with E-state index in [0.29, 0.717) is 30.2 Å². The molecule has 1 aromatic carbocycles. The lowest BCUT2D eigenvalue weighted by Crippen LogP contribution is -2.13. The first-order chi connectivity index (χ1) is 9.29. The third-order valence-corrected chi connectivity index (χ3v) is 2.32. The number of nitrogens with two attached hydrogens (primary N) is 1. The lowest BCUT2D eigenvalue weighted by Gasteiger charge is -2.08. The molecule has 1 heterocycles. The van der Waals surface area contributed by atoms with Gasteiger partial charge in [0.2, 0.25) is 0 Å². The third-order valence-electron chi connectivity index (χ3n) is 2.32. The van der Waals surface area contributed by atoms with Gasteiger partial charge in [-0.1, -0.05) is 6.07 Å². The topological polar surface area (TPSA) is 90.1 Å². The monoisotopic (exact) mass is 258 g/mol. The van der Waals surface area contributed by atoms with E-state index in [4.69, 9.17) is 10.5 Å². The lowest BCUT2D eigenvalue weighted by atomic mass is 10.2. The van der Waals surface area contributed by atoms with Crippen molar-refractivity contribution >= 4 is 11.6 Å². The summed E-state index contributed by atoms with van der Waals surface area (Å²) in [6, 6.07) is 8.71. The van der Waals surface area contributed by atoms with Crippen LogP contribution < -0.4 is 15.8 Å². The minimum atomic E-state index is -0.245. The molecule has 0 saturated heterocycles. The molecule has 1 aromatic heterocycles. The Bertz CT molecular complexity index is 545. The van der Waals surface area contributed by atoms with Crippen LogP contribution >= 0.6 is 0 Å². The Labute approximate surface area is 110 Å². The summed E-state index contributed by atoms with van der Waals surface area (Å²) in [7, 11) is 0. The second-order valence-corrected chi connectivity index (χ2v) is 3.75. The van der Waals surface area contributed by atoms with Crippen molar-refractivity contribution in [3.8, 4) is 5.75 Å². The van der Waals surface area contributed by atoms with Gasteiger partial charge in [0.05, 0.1) is 18.0 Å². The fourth-order valence-electron chi connectivity index (χ4n) is 1.47. The SMILES string of the molecule is NCCOc1cccc(NC(=O)c2ccnnc2)c1. The molecule has 0 atom stereocenters. The van der Waals surface area contributed by atoms with Gasteiger partial charge < -0.3 is 15.8 Å². The summed E-state index contributed by atoms with van der Waals surface area (Å²) in [6.45, 7) is 0.880. The van der Waals surface area contributed by atoms with E-state index in [2.05, 4.69) is 15.5 Å². The Morgan fingerprint density at radius 3 is 2.95 bits per heavy atom. The summed E-state index contributed by atoms with van der Waals surface area (Å²) in [5, 5.41) is 10.0. The molecular weight excluding hydrogens is 244 g/mol. The molecule has 0 bridgehead atoms. The number of amides is 1. The Morgan fingerprint density at radius 2 is 2.21 bits per heavy atom. The van der Waals surface area contributed by atoms with Crippen LogP contribution in [0.3, 0.4) is 0 Å². The summed E-state index contributed by atoms with van der Waals surface area (Å²) in [5.74, 6) is 0.418. The number of nitrogens with zero attached hydrogens (tertiary/aromatic N) is 2. The van der Waals surface area contributed by atoms with Gasteiger partial charge in [-0.25, -0.2) is 0 Å². The fourth-order valence-corrected chi connectivity index (χ4v) is 1.47. The van der Waals surface area contributed by atoms with Crippen molar-refractivity contribution in [2.24, 2.45) is 5.73 Å². The molecular formula is C13H14N4O2. The van der Waals surface area contributed by atoms with Gasteiger partial charge in [0.15, 0.2) is 0 Å². The molecule has 0 aliphatic carbocycles. The van der Waals surface area contributed by atoms with Crippen molar-refractivity contribution in [1.29, 1.82) is 0 Å². The standard InChI is InChI=1S/C13H14N4O2/c14-5-7-19-12-3-1-2-11(8-12)17-13(18)10-4-6-15-16-9-10/h1-4,6,8-9H,5,7,14H2,(H,17,18). The second kappa shape index (κ2) is 6.46. The number of carbonyl (C=O) groups excluding carboxylic acids is 1. The molecule has 6 nitrogen and oxygen atoms in total. The molecule has 0 unspecified atom stereocenters. The fraction of sp³-hybridized carbons (Fsp3) is 0.154. The molecule has 0 radical (unpaired) electrons. The first-order valence-electron chi connectivity index (χ1n) is 5.80. The van der Waals surface area contributed by atoms with Crippen LogP contribution in [-0.2, 0) is 0 Å². The molecule has 0 aliphatic rings. The van der Waals surface area contributed by atoms with E-state index in [1.807, 2.05) is 0 Å². The molecule has 0 spiro atoms. The molecule has 0 aliphatic heterocycles. The van der Waals surface area contributed by atoms with Gasteiger partial charge in [-0.05, 0) is 18.2 Å². The average molecular weight is 258 g/mol. The van der Waals surface area contributed by atoms with Crippen molar-refractivity contribution in [2.75, 3.05) is 18.5 Å². The summed E-state index contributed by atoms with van der Waals surface area (Å²) in [5.41, 5.74) is 6.46. The highest BCUT2D eigenvalue weighted by atomic mass is 16.5. The number of anilines is 1. The minimum Gasteiger partial charge on any atom is -0.492 e. The van der Waals surface area contributed by atoms with E-state index >= 15 is 0 Å². The maximum absolute atomic E-state index is 11.9. The molecule has 2 aromatic rings. The summed E-state index contributed by atoms with van der Waals surface area (Å²) in [4.78, 5) is 11.9. The van der Waals surface area contributed by atoms with Crippen molar-refractivity contribution in [3.63, 3.8) is 0 Å². The van der Waals surface area contributed by atoms with Crippen LogP contribution in [0.15, 0.2) is 42.7 Å². The first-order valence-corrected chi connectivity index (χ1v) is 5.80. The smallest absolute Gasteiger partial charge is 0.257 e. The maximum Gasteiger partial charge on any atom is 0.257 e. The van der Waals surface area contributed by atoms with Gasteiger partial charge in [0, 0.05) is 18.3 Å². The van der Waals surface area contributed by atoms with Crippen LogP contribution in [0.5, 0.6) is 5.75 Å². The highest BCUT2D eigenvalue weighted by Gasteiger charge is 2.06. The van der Waals surface area contributed by atoms with E-state index < -0.39 is 0 Å². The quantitative estimate of drug-likeness (QED) is 0.837. The van der Waals surface area contributed by atoms with Crippen molar-refractivity contribution in [2.45, 2.75) is 0 Å². The van der Waals surface area contributed by atoms with Crippen LogP contribution in [0, 0.1) is 0 Å². The summed E-state index contributed by atoms with van der Waals surface area (Å²) in [6.07, 6.45) is 2.87. The highest BCUT2D eigenvalue weighted by Crippen LogP contribution is 2.17. The number of hydrogen-bond acceptors (Lipinski definition) is 5. The van der Waals surface area contributed by atoms with Crippen molar-refractivity contribution in [3.05, 3.63) is 48.3 Å². The maximum atomic E-state index is 11.9. The van der Waals surface area contributed by atoms with Gasteiger partial charge in [-0.3, -0.25) is 4.79 Å². The predicted octanol–water partition coefficient (Wildman–Crippen LogP) is 1.07. The summed E-state index contributed by atoms with van der Waals surface area (Å²) >= 11 is 0. The molecule has 98 valence electrons. The molecule has 0 fully saturated rings. The van der Waals surface area contributed by atoms with Crippen LogP contribution in [-0.4, -0.2) is 29.3 Å². The molecule has 2 rings (SSSR count). The van der Waals surface area contributed by atoms with Crippen LogP contribution in [0.4, 0.5) is 5.69 Å². The molecule has 1 amide bonds. The Hall–Kier alpha value is -2.47. The zero-order valence-electron chi connectivity index (χ0n) is 10.2. The van der Waals surface area contributed by atoms with E-state index in [-0.39, 0.29) is 5.91 Å². The van der Waals surface area contributed by atoms with E-state index in [0.717, 1.165) is 0 Å². The van der Waals surface area contributed by atoms with E-state index in [9.17, 15) is 4.79 Å². The Morgan fingerprint density at radius 1 is 1.32 bits per heavy atom. The molecule has 19 heavy (non-hydrogen) atoms. The van der Waals surface area contributed by atoms with Gasteiger partial charge in [0.25, 0.3) is 5.91 Å². The number of benzene rings is 1. The Kier molecular flexibility index (Phi) is 4.41. The van der Waals surface area contributed by atoms with Gasteiger partial charge >= 0.3 is 0 Å². The van der Waals surface area contributed by atoms with Crippen LogP contribution in [0.1, 0.15) is 10.4 Å². The number of rotatable bonds is 5. The number of carbonyl (C=O) groups is 1. The van der Waals surface area contributed by atoms with E-state index in [1.165, 1.54) is 12.4 Å². The molecule has 3 N–H and O–H groups in total. The van der Waals surface area contributed by atoms with Crippen LogP contribution in [0.2, 0.25) is 0 Å². The van der Waals surface area contributed by atoms with Crippen molar-refractivity contribution in [1.82, 2.24) is 10.2 Å². The normalized spacial score (nSPS) is 9.95. The number of aromatic nitrogens is 2. The van der Waals surface area contributed by atoms with E-state index in [1.54, 1.807) is 30.3 Å². The second-order valence-electron chi connectivity index (χ2n) is 3.75. The molecule has 6 heteroatoms. The average Bonchev–Trinajstić information content (AvgIpc) is 2.46. The minimum absolute atomic E-state index is 0.245. The largest absolute Gasteiger partial charge is 0.492 e. The zero-order valence-corrected chi connectivity index (χ0v) is 10.2.